The lowest BCUT2D eigenvalue weighted by Crippen LogP contribution is -1.91. The van der Waals surface area contributed by atoms with Gasteiger partial charge >= 0.3 is 0 Å². The number of rotatable bonds is 2. The van der Waals surface area contributed by atoms with E-state index in [1.54, 1.807) is 11.3 Å². The smallest absolute Gasteiger partial charge is 0.111 e. The van der Waals surface area contributed by atoms with E-state index >= 15 is 0 Å². The molecule has 2 rings (SSSR count). The fourth-order valence-corrected chi connectivity index (χ4v) is 3.24. The Balaban J connectivity index is 2.47. The van der Waals surface area contributed by atoms with E-state index in [9.17, 15) is 0 Å². The molecule has 1 aromatic heterocycles. The predicted octanol–water partition coefficient (Wildman–Crippen LogP) is 5.01. The van der Waals surface area contributed by atoms with Crippen LogP contribution in [0.1, 0.15) is 5.56 Å². The minimum atomic E-state index is -0.323. The molecule has 1 heterocycles. The van der Waals surface area contributed by atoms with Gasteiger partial charge in [-0.3, -0.25) is 0 Å². The van der Waals surface area contributed by atoms with Crippen LogP contribution in [-0.2, 0) is 6.42 Å². The van der Waals surface area contributed by atoms with Crippen molar-refractivity contribution in [3.63, 3.8) is 0 Å². The van der Waals surface area contributed by atoms with Gasteiger partial charge in [0.05, 0.1) is 0 Å². The molecule has 2 aromatic rings. The van der Waals surface area contributed by atoms with Gasteiger partial charge in [-0.25, -0.2) is 0 Å². The second-order valence-corrected chi connectivity index (χ2v) is 6.10. The minimum Gasteiger partial charge on any atom is -0.143 e. The van der Waals surface area contributed by atoms with Crippen molar-refractivity contribution in [2.24, 2.45) is 0 Å². The molecule has 4 heteroatoms. The Morgan fingerprint density at radius 1 is 1.36 bits per heavy atom. The number of halogens is 3. The molecule has 0 bridgehead atoms. The molecule has 0 saturated heterocycles. The van der Waals surface area contributed by atoms with Crippen molar-refractivity contribution in [2.45, 2.75) is 11.3 Å². The van der Waals surface area contributed by atoms with Gasteiger partial charge in [-0.15, -0.1) is 34.5 Å². The maximum Gasteiger partial charge on any atom is 0.111 e. The molecule has 1 aromatic carbocycles. The monoisotopic (exact) mass is 308 g/mol. The van der Waals surface area contributed by atoms with E-state index < -0.39 is 0 Å². The summed E-state index contributed by atoms with van der Waals surface area (Å²) in [6.45, 7) is 0. The first-order valence-corrected chi connectivity index (χ1v) is 6.65. The van der Waals surface area contributed by atoms with Gasteiger partial charge in [0, 0.05) is 15.6 Å². The molecule has 0 aliphatic heterocycles. The molecule has 14 heavy (non-hydrogen) atoms. The summed E-state index contributed by atoms with van der Waals surface area (Å²) < 4.78 is 2.37. The number of fused-ring (bicyclic) bond motifs is 1. The van der Waals surface area contributed by atoms with Gasteiger partial charge < -0.3 is 0 Å². The van der Waals surface area contributed by atoms with E-state index in [0.29, 0.717) is 6.42 Å². The first kappa shape index (κ1) is 10.7. The molecule has 74 valence electrons. The van der Waals surface area contributed by atoms with Crippen LogP contribution in [0, 0.1) is 0 Å². The van der Waals surface area contributed by atoms with Crippen LogP contribution in [0.4, 0.5) is 0 Å². The van der Waals surface area contributed by atoms with E-state index in [0.717, 1.165) is 4.47 Å². The fourth-order valence-electron chi connectivity index (χ4n) is 1.38. The summed E-state index contributed by atoms with van der Waals surface area (Å²) in [5.41, 5.74) is 1.23. The van der Waals surface area contributed by atoms with Gasteiger partial charge in [-0.1, -0.05) is 22.0 Å². The third-order valence-corrected chi connectivity index (χ3v) is 3.79. The SMILES string of the molecule is ClC(Cl)Cc1csc2cc(Br)ccc12. The van der Waals surface area contributed by atoms with Crippen molar-refractivity contribution in [1.29, 1.82) is 0 Å². The third kappa shape index (κ3) is 2.25. The first-order chi connectivity index (χ1) is 6.66. The standard InChI is InChI=1S/C10H7BrCl2S/c11-7-1-2-8-6(3-10(12)13)5-14-9(8)4-7/h1-2,4-5,10H,3H2. The van der Waals surface area contributed by atoms with E-state index in [1.165, 1.54) is 15.6 Å². The highest BCUT2D eigenvalue weighted by Gasteiger charge is 2.07. The van der Waals surface area contributed by atoms with E-state index in [4.69, 9.17) is 23.2 Å². The summed E-state index contributed by atoms with van der Waals surface area (Å²) in [6.07, 6.45) is 0.713. The molecule has 0 spiro atoms. The van der Waals surface area contributed by atoms with Gasteiger partial charge in [0.1, 0.15) is 4.84 Å². The maximum atomic E-state index is 5.76. The number of thiophene rings is 1. The highest BCUT2D eigenvalue weighted by Crippen LogP contribution is 2.30. The van der Waals surface area contributed by atoms with Crippen molar-refractivity contribution in [1.82, 2.24) is 0 Å². The first-order valence-electron chi connectivity index (χ1n) is 4.10. The van der Waals surface area contributed by atoms with Crippen molar-refractivity contribution in [2.75, 3.05) is 0 Å². The Hall–Kier alpha value is 0.240. The van der Waals surface area contributed by atoms with Crippen LogP contribution in [-0.4, -0.2) is 4.84 Å². The fraction of sp³-hybridized carbons (Fsp3) is 0.200. The zero-order valence-corrected chi connectivity index (χ0v) is 11.1. The average molecular weight is 310 g/mol. The highest BCUT2D eigenvalue weighted by molar-refractivity contribution is 9.10. The molecule has 0 nitrogen and oxygen atoms in total. The Kier molecular flexibility index (Phi) is 3.38. The minimum absolute atomic E-state index is 0.323. The number of alkyl halides is 2. The van der Waals surface area contributed by atoms with Crippen LogP contribution in [0.5, 0.6) is 0 Å². The summed E-state index contributed by atoms with van der Waals surface area (Å²) in [5.74, 6) is 0. The van der Waals surface area contributed by atoms with Crippen molar-refractivity contribution in [3.05, 3.63) is 33.6 Å². The van der Waals surface area contributed by atoms with Crippen LogP contribution in [0.3, 0.4) is 0 Å². The van der Waals surface area contributed by atoms with Gasteiger partial charge in [0.25, 0.3) is 0 Å². The maximum absolute atomic E-state index is 5.76. The van der Waals surface area contributed by atoms with E-state index in [1.807, 2.05) is 6.07 Å². The average Bonchev–Trinajstić information content (AvgIpc) is 2.47. The molecular formula is C10H7BrCl2S. The van der Waals surface area contributed by atoms with E-state index in [-0.39, 0.29) is 4.84 Å². The Bertz CT molecular complexity index is 450. The van der Waals surface area contributed by atoms with Crippen molar-refractivity contribution in [3.8, 4) is 0 Å². The van der Waals surface area contributed by atoms with Crippen molar-refractivity contribution < 1.29 is 0 Å². The highest BCUT2D eigenvalue weighted by atomic mass is 79.9. The largest absolute Gasteiger partial charge is 0.143 e. The second-order valence-electron chi connectivity index (χ2n) is 3.00. The normalized spacial score (nSPS) is 11.4. The Morgan fingerprint density at radius 2 is 2.14 bits per heavy atom. The zero-order valence-electron chi connectivity index (χ0n) is 7.14. The quantitative estimate of drug-likeness (QED) is 0.684. The molecule has 0 aliphatic carbocycles. The lowest BCUT2D eigenvalue weighted by atomic mass is 10.1. The zero-order chi connectivity index (χ0) is 10.1. The molecular weight excluding hydrogens is 303 g/mol. The molecule has 0 aliphatic rings. The number of hydrogen-bond donors (Lipinski definition) is 0. The summed E-state index contributed by atoms with van der Waals surface area (Å²) in [6, 6.07) is 6.25. The molecule has 0 radical (unpaired) electrons. The lowest BCUT2D eigenvalue weighted by Gasteiger charge is -1.99. The van der Waals surface area contributed by atoms with E-state index in [2.05, 4.69) is 33.4 Å². The molecule has 0 unspecified atom stereocenters. The molecule has 0 saturated carbocycles. The Morgan fingerprint density at radius 3 is 2.86 bits per heavy atom. The van der Waals surface area contributed by atoms with Crippen LogP contribution < -0.4 is 0 Å². The Labute approximate surface area is 105 Å². The second kappa shape index (κ2) is 4.40. The van der Waals surface area contributed by atoms with Crippen LogP contribution in [0.15, 0.2) is 28.1 Å². The molecule has 0 amide bonds. The van der Waals surface area contributed by atoms with Crippen molar-refractivity contribution >= 4 is 60.6 Å². The number of benzene rings is 1. The van der Waals surface area contributed by atoms with Gasteiger partial charge in [-0.05, 0) is 28.5 Å². The van der Waals surface area contributed by atoms with Crippen LogP contribution >= 0.6 is 50.5 Å². The molecule has 0 fully saturated rings. The summed E-state index contributed by atoms with van der Waals surface area (Å²) in [5, 5.41) is 3.37. The van der Waals surface area contributed by atoms with Gasteiger partial charge in [0.2, 0.25) is 0 Å². The number of hydrogen-bond acceptors (Lipinski definition) is 1. The molecule has 0 atom stereocenters. The molecule has 0 N–H and O–H groups in total. The van der Waals surface area contributed by atoms with Gasteiger partial charge in [0.15, 0.2) is 0 Å². The third-order valence-electron chi connectivity index (χ3n) is 1.99. The van der Waals surface area contributed by atoms with Gasteiger partial charge in [-0.2, -0.15) is 0 Å². The van der Waals surface area contributed by atoms with Crippen LogP contribution in [0.25, 0.3) is 10.1 Å². The van der Waals surface area contributed by atoms with Crippen LogP contribution in [0.2, 0.25) is 0 Å². The predicted molar refractivity (Wildman–Crippen MR) is 68.7 cm³/mol. The summed E-state index contributed by atoms with van der Waals surface area (Å²) in [4.78, 5) is -0.323. The topological polar surface area (TPSA) is 0 Å². The summed E-state index contributed by atoms with van der Waals surface area (Å²) >= 11 is 16.7. The summed E-state index contributed by atoms with van der Waals surface area (Å²) in [7, 11) is 0. The lowest BCUT2D eigenvalue weighted by molar-refractivity contribution is 1.11.